The summed E-state index contributed by atoms with van der Waals surface area (Å²) in [6, 6.07) is 22.8. The van der Waals surface area contributed by atoms with Crippen molar-refractivity contribution in [2.45, 2.75) is 75.9 Å². The summed E-state index contributed by atoms with van der Waals surface area (Å²) in [7, 11) is 0. The molecule has 70 heavy (non-hydrogen) atoms. The van der Waals surface area contributed by atoms with Gasteiger partial charge in [-0.3, -0.25) is 43.9 Å². The van der Waals surface area contributed by atoms with Crippen LogP contribution in [0, 0.1) is 11.8 Å². The minimum Gasteiger partial charge on any atom is -0.370 e. The Kier molecular flexibility index (Phi) is 12.5. The Labute approximate surface area is 405 Å². The summed E-state index contributed by atoms with van der Waals surface area (Å²) in [6.45, 7) is 7.75. The molecule has 1 atom stereocenters. The normalized spacial score (nSPS) is 22.2. The molecule has 2 aromatic heterocycles. The van der Waals surface area contributed by atoms with E-state index in [0.29, 0.717) is 31.2 Å². The first-order valence-corrected chi connectivity index (χ1v) is 24.9. The number of carbonyl (C=O) groups excluding carboxylic acids is 6. The first-order chi connectivity index (χ1) is 34.1. The summed E-state index contributed by atoms with van der Waals surface area (Å²) >= 11 is 0. The van der Waals surface area contributed by atoms with Crippen molar-refractivity contribution >= 4 is 69.5 Å². The predicted octanol–water partition coefficient (Wildman–Crippen LogP) is 4.31. The molecule has 0 radical (unpaired) electrons. The number of nitrogens with one attached hydrogen (secondary N) is 3. The first kappa shape index (κ1) is 45.2. The van der Waals surface area contributed by atoms with Gasteiger partial charge in [0.15, 0.2) is 17.0 Å². The van der Waals surface area contributed by atoms with Crippen LogP contribution in [0.2, 0.25) is 0 Å². The lowest BCUT2D eigenvalue weighted by molar-refractivity contribution is -0.138. The van der Waals surface area contributed by atoms with Gasteiger partial charge in [0.2, 0.25) is 23.6 Å². The van der Waals surface area contributed by atoms with Crippen LogP contribution in [0.4, 0.5) is 22.9 Å². The zero-order valence-corrected chi connectivity index (χ0v) is 39.2. The van der Waals surface area contributed by atoms with Crippen LogP contribution in [0.15, 0.2) is 85.5 Å². The van der Waals surface area contributed by atoms with Crippen molar-refractivity contribution in [2.24, 2.45) is 11.8 Å². The molecule has 3 N–H and O–H groups in total. The van der Waals surface area contributed by atoms with E-state index in [0.717, 1.165) is 111 Å². The van der Waals surface area contributed by atoms with Gasteiger partial charge in [-0.2, -0.15) is 0 Å². The van der Waals surface area contributed by atoms with Crippen LogP contribution in [0.3, 0.4) is 0 Å². The number of hydrogen-bond donors (Lipinski definition) is 3. The number of carbonyl (C=O) groups is 6. The van der Waals surface area contributed by atoms with Gasteiger partial charge in [-0.05, 0) is 105 Å². The topological polar surface area (TPSA) is 198 Å². The largest absolute Gasteiger partial charge is 0.370 e. The number of anilines is 4. The van der Waals surface area contributed by atoms with Gasteiger partial charge in [-0.15, -0.1) is 0 Å². The number of aromatic nitrogens is 4. The average molecular weight is 947 g/mol. The Morgan fingerprint density at radius 2 is 1.50 bits per heavy atom. The standard InChI is InChI=1S/C52H58N12O6/c65-44-15-14-43(49(67)58-44)64-51(69)41-13-12-39(28-42(41)52(64)70)62-29-35(30-62)50(68)61-19-16-33(17-20-61)7-4-18-59-21-23-60(24-22-59)38-10-8-36(9-11-38)57-47-46-48(54-31-53-47)63(32-55-46)40-26-37(27-40)56-45(66)25-34-5-2-1-3-6-34/h1-3,5-6,8-13,28,31-33,35,37,40,43H,4,7,14-27,29-30H2,(H,56,66)(H,53,54,57)(H,58,65,67)/t37?,40?,43-/m0/s1. The summed E-state index contributed by atoms with van der Waals surface area (Å²) < 4.78 is 2.10. The molecule has 362 valence electrons. The van der Waals surface area contributed by atoms with E-state index >= 15 is 0 Å². The number of rotatable bonds is 14. The maximum Gasteiger partial charge on any atom is 0.262 e. The highest BCUT2D eigenvalue weighted by Gasteiger charge is 2.45. The van der Waals surface area contributed by atoms with E-state index in [1.807, 2.05) is 41.6 Å². The van der Waals surface area contributed by atoms with E-state index in [4.69, 9.17) is 4.98 Å². The number of imide groups is 2. The van der Waals surface area contributed by atoms with Crippen molar-refractivity contribution in [1.29, 1.82) is 0 Å². The molecule has 11 rings (SSSR count). The molecule has 0 unspecified atom stereocenters. The molecule has 18 nitrogen and oxygen atoms in total. The number of hydrogen-bond acceptors (Lipinski definition) is 13. The number of fused-ring (bicyclic) bond motifs is 2. The maximum absolute atomic E-state index is 13.5. The fourth-order valence-corrected chi connectivity index (χ4v) is 11.1. The second kappa shape index (κ2) is 19.3. The van der Waals surface area contributed by atoms with Crippen LogP contribution in [-0.4, -0.2) is 141 Å². The number of imidazole rings is 1. The Balaban J connectivity index is 0.577. The van der Waals surface area contributed by atoms with E-state index < -0.39 is 29.7 Å². The molecule has 3 aromatic carbocycles. The zero-order chi connectivity index (χ0) is 47.9. The van der Waals surface area contributed by atoms with E-state index in [1.165, 1.54) is 12.1 Å². The van der Waals surface area contributed by atoms with E-state index in [2.05, 4.69) is 69.5 Å². The molecular formula is C52H58N12O6. The average Bonchev–Trinajstić information content (AvgIpc) is 3.88. The van der Waals surface area contributed by atoms with Gasteiger partial charge in [0, 0.05) is 87.9 Å². The third-order valence-electron chi connectivity index (χ3n) is 15.3. The monoisotopic (exact) mass is 946 g/mol. The molecule has 7 heterocycles. The Morgan fingerprint density at radius 1 is 0.757 bits per heavy atom. The molecule has 1 aliphatic carbocycles. The van der Waals surface area contributed by atoms with Crippen LogP contribution in [0.1, 0.15) is 83.7 Å². The Hall–Kier alpha value is -7.21. The molecular weight excluding hydrogens is 889 g/mol. The molecule has 5 aromatic rings. The quantitative estimate of drug-likeness (QED) is 0.133. The lowest BCUT2D eigenvalue weighted by Crippen LogP contribution is -2.55. The van der Waals surface area contributed by atoms with Crippen molar-refractivity contribution in [3.05, 3.63) is 102 Å². The number of piperidine rings is 2. The highest BCUT2D eigenvalue weighted by atomic mass is 16.2. The van der Waals surface area contributed by atoms with Crippen LogP contribution in [-0.2, 0) is 25.6 Å². The number of amides is 6. The van der Waals surface area contributed by atoms with E-state index in [-0.39, 0.29) is 53.8 Å². The van der Waals surface area contributed by atoms with Gasteiger partial charge >= 0.3 is 0 Å². The molecule has 5 aliphatic heterocycles. The zero-order valence-electron chi connectivity index (χ0n) is 39.2. The fraction of sp³-hybridized carbons (Fsp3) is 0.442. The van der Waals surface area contributed by atoms with E-state index in [1.54, 1.807) is 24.5 Å². The van der Waals surface area contributed by atoms with Crippen LogP contribution < -0.4 is 25.8 Å². The van der Waals surface area contributed by atoms with Crippen molar-refractivity contribution in [2.75, 3.05) is 74.0 Å². The van der Waals surface area contributed by atoms with E-state index in [9.17, 15) is 28.8 Å². The summed E-state index contributed by atoms with van der Waals surface area (Å²) in [5.74, 6) is -0.674. The van der Waals surface area contributed by atoms with Crippen LogP contribution >= 0.6 is 0 Å². The van der Waals surface area contributed by atoms with Gasteiger partial charge < -0.3 is 29.9 Å². The Morgan fingerprint density at radius 3 is 2.26 bits per heavy atom. The molecule has 0 bridgehead atoms. The summed E-state index contributed by atoms with van der Waals surface area (Å²) in [5, 5.41) is 8.86. The molecule has 18 heteroatoms. The highest BCUT2D eigenvalue weighted by molar-refractivity contribution is 6.23. The van der Waals surface area contributed by atoms with Crippen molar-refractivity contribution < 1.29 is 28.8 Å². The predicted molar refractivity (Wildman–Crippen MR) is 261 cm³/mol. The number of nitrogens with zero attached hydrogens (tertiary/aromatic N) is 9. The Bertz CT molecular complexity index is 2810. The van der Waals surface area contributed by atoms with Gasteiger partial charge in [-0.25, -0.2) is 15.0 Å². The molecule has 6 amide bonds. The summed E-state index contributed by atoms with van der Waals surface area (Å²) in [5.41, 5.74) is 5.91. The van der Waals surface area contributed by atoms with Gasteiger partial charge in [-0.1, -0.05) is 30.3 Å². The molecule has 4 saturated heterocycles. The first-order valence-electron chi connectivity index (χ1n) is 24.9. The molecule has 0 spiro atoms. The molecule has 5 fully saturated rings. The minimum absolute atomic E-state index is 0.0462. The third kappa shape index (κ3) is 9.19. The second-order valence-corrected chi connectivity index (χ2v) is 19.8. The smallest absolute Gasteiger partial charge is 0.262 e. The lowest BCUT2D eigenvalue weighted by Gasteiger charge is -2.43. The third-order valence-corrected chi connectivity index (χ3v) is 15.3. The van der Waals surface area contributed by atoms with Gasteiger partial charge in [0.25, 0.3) is 11.8 Å². The van der Waals surface area contributed by atoms with Gasteiger partial charge in [0.1, 0.15) is 12.4 Å². The SMILES string of the molecule is O=C1CC[C@H](N2C(=O)c3ccc(N4CC(C(=O)N5CCC(CCCN6CCN(c7ccc(Nc8ncnc9c8ncn9C8CC(NC(=O)Cc9ccccc9)C8)cc7)CC6)CC5)C4)cc3C2=O)C(=O)N1. The van der Waals surface area contributed by atoms with Gasteiger partial charge in [0.05, 0.1) is 29.8 Å². The fourth-order valence-electron chi connectivity index (χ4n) is 11.1. The summed E-state index contributed by atoms with van der Waals surface area (Å²) in [4.78, 5) is 100. The van der Waals surface area contributed by atoms with Crippen molar-refractivity contribution in [1.82, 2.24) is 44.9 Å². The van der Waals surface area contributed by atoms with Crippen molar-refractivity contribution in [3.63, 3.8) is 0 Å². The minimum atomic E-state index is -1.00. The lowest BCUT2D eigenvalue weighted by atomic mass is 9.86. The molecule has 6 aliphatic rings. The van der Waals surface area contributed by atoms with Crippen LogP contribution in [0.5, 0.6) is 0 Å². The highest BCUT2D eigenvalue weighted by Crippen LogP contribution is 2.37. The number of likely N-dealkylation sites (tertiary alicyclic amines) is 1. The van der Waals surface area contributed by atoms with Crippen LogP contribution in [0.25, 0.3) is 11.2 Å². The maximum atomic E-state index is 13.5. The second-order valence-electron chi connectivity index (χ2n) is 19.8. The number of benzene rings is 3. The van der Waals surface area contributed by atoms with Crippen molar-refractivity contribution in [3.8, 4) is 0 Å². The number of piperazine rings is 1. The molecule has 1 saturated carbocycles. The summed E-state index contributed by atoms with van der Waals surface area (Å²) in [6.07, 6.45) is 10.0.